The predicted molar refractivity (Wildman–Crippen MR) is 131 cm³/mol. The Balaban J connectivity index is 1.47. The van der Waals surface area contributed by atoms with Crippen molar-refractivity contribution in [1.29, 1.82) is 0 Å². The van der Waals surface area contributed by atoms with Crippen molar-refractivity contribution in [3.8, 4) is 16.9 Å². The first-order valence-corrected chi connectivity index (χ1v) is 11.5. The fourth-order valence-corrected chi connectivity index (χ4v) is 3.48. The van der Waals surface area contributed by atoms with Crippen LogP contribution in [0, 0.1) is 0 Å². The van der Waals surface area contributed by atoms with Crippen molar-refractivity contribution in [2.45, 2.75) is 45.1 Å². The smallest absolute Gasteiger partial charge is 0.338 e. The molecule has 0 saturated heterocycles. The molecule has 32 heavy (non-hydrogen) atoms. The number of unbranched alkanes of at least 4 members (excludes halogenated alkanes) is 2. The van der Waals surface area contributed by atoms with Gasteiger partial charge in [-0.3, -0.25) is 0 Å². The van der Waals surface area contributed by atoms with E-state index >= 15 is 0 Å². The van der Waals surface area contributed by atoms with Gasteiger partial charge in [0, 0.05) is 6.42 Å². The zero-order valence-electron chi connectivity index (χ0n) is 18.8. The van der Waals surface area contributed by atoms with E-state index in [4.69, 9.17) is 9.47 Å². The van der Waals surface area contributed by atoms with Gasteiger partial charge in [-0.25, -0.2) is 4.79 Å². The van der Waals surface area contributed by atoms with Crippen molar-refractivity contribution in [2.24, 2.45) is 0 Å². The fraction of sp³-hybridized carbons (Fsp3) is 0.276. The second-order valence-electron chi connectivity index (χ2n) is 7.80. The number of ether oxygens (including phenoxy) is 2. The molecule has 0 aliphatic heterocycles. The molecule has 0 bridgehead atoms. The van der Waals surface area contributed by atoms with E-state index < -0.39 is 0 Å². The van der Waals surface area contributed by atoms with Gasteiger partial charge in [0.1, 0.15) is 18.5 Å². The quantitative estimate of drug-likeness (QED) is 0.170. The Labute approximate surface area is 191 Å². The summed E-state index contributed by atoms with van der Waals surface area (Å²) < 4.78 is 11.6. The lowest BCUT2D eigenvalue weighted by Gasteiger charge is -2.16. The predicted octanol–water partition coefficient (Wildman–Crippen LogP) is 7.48. The summed E-state index contributed by atoms with van der Waals surface area (Å²) in [6.07, 6.45) is 8.84. The van der Waals surface area contributed by atoms with Gasteiger partial charge in [-0.15, -0.1) is 0 Å². The van der Waals surface area contributed by atoms with Crippen LogP contribution in [0.5, 0.6) is 5.75 Å². The van der Waals surface area contributed by atoms with Crippen LogP contribution >= 0.6 is 0 Å². The van der Waals surface area contributed by atoms with Gasteiger partial charge < -0.3 is 9.47 Å². The minimum absolute atomic E-state index is 0.115. The Bertz CT molecular complexity index is 947. The highest BCUT2D eigenvalue weighted by Gasteiger charge is 2.14. The Hall–Kier alpha value is -3.33. The van der Waals surface area contributed by atoms with Crippen LogP contribution in [0.2, 0.25) is 0 Å². The monoisotopic (exact) mass is 428 g/mol. The summed E-state index contributed by atoms with van der Waals surface area (Å²) in [5.74, 6) is 0.583. The summed E-state index contributed by atoms with van der Waals surface area (Å²) in [6.45, 7) is 2.66. The highest BCUT2D eigenvalue weighted by atomic mass is 16.5. The number of carbonyl (C=O) groups is 1. The van der Waals surface area contributed by atoms with Gasteiger partial charge in [0.2, 0.25) is 0 Å². The lowest BCUT2D eigenvalue weighted by Crippen LogP contribution is -2.18. The molecule has 0 fully saturated rings. The Morgan fingerprint density at radius 2 is 1.47 bits per heavy atom. The van der Waals surface area contributed by atoms with Crippen LogP contribution in [0.25, 0.3) is 11.1 Å². The Morgan fingerprint density at radius 3 is 2.16 bits per heavy atom. The standard InChI is InChI=1S/C29H32O3/c1-2-3-6-17-28(32-29(30)26-15-9-5-10-16-26)18-11-12-23-31-27-21-19-25(20-22-27)24-13-7-4-8-14-24/h4-5,7-16,19-22,28H,2-3,6,17-18,23H2,1H3/b12-11+. The first-order chi connectivity index (χ1) is 15.8. The molecular weight excluding hydrogens is 396 g/mol. The molecule has 0 spiro atoms. The van der Waals surface area contributed by atoms with E-state index in [1.54, 1.807) is 12.1 Å². The topological polar surface area (TPSA) is 35.5 Å². The highest BCUT2D eigenvalue weighted by Crippen LogP contribution is 2.22. The average Bonchev–Trinajstić information content (AvgIpc) is 2.85. The molecule has 0 amide bonds. The third-order valence-electron chi connectivity index (χ3n) is 5.29. The fourth-order valence-electron chi connectivity index (χ4n) is 3.48. The number of hydrogen-bond acceptors (Lipinski definition) is 3. The molecule has 0 aliphatic rings. The van der Waals surface area contributed by atoms with E-state index in [2.05, 4.69) is 31.2 Å². The molecule has 0 radical (unpaired) electrons. The van der Waals surface area contributed by atoms with E-state index in [0.29, 0.717) is 18.6 Å². The van der Waals surface area contributed by atoms with E-state index in [9.17, 15) is 4.79 Å². The van der Waals surface area contributed by atoms with Crippen molar-refractivity contribution in [3.05, 3.63) is 103 Å². The van der Waals surface area contributed by atoms with Crippen LogP contribution in [0.4, 0.5) is 0 Å². The van der Waals surface area contributed by atoms with E-state index in [1.165, 1.54) is 11.1 Å². The molecule has 0 aromatic heterocycles. The van der Waals surface area contributed by atoms with Gasteiger partial charge in [0.25, 0.3) is 0 Å². The molecule has 3 aromatic rings. The lowest BCUT2D eigenvalue weighted by molar-refractivity contribution is 0.0283. The number of carbonyl (C=O) groups excluding carboxylic acids is 1. The number of hydrogen-bond donors (Lipinski definition) is 0. The molecule has 3 aromatic carbocycles. The molecule has 3 nitrogen and oxygen atoms in total. The summed E-state index contributed by atoms with van der Waals surface area (Å²) in [6, 6.07) is 27.6. The van der Waals surface area contributed by atoms with E-state index in [0.717, 1.165) is 31.4 Å². The number of esters is 1. The lowest BCUT2D eigenvalue weighted by atomic mass is 10.1. The maximum Gasteiger partial charge on any atom is 0.338 e. The van der Waals surface area contributed by atoms with Crippen molar-refractivity contribution in [3.63, 3.8) is 0 Å². The second-order valence-corrected chi connectivity index (χ2v) is 7.80. The van der Waals surface area contributed by atoms with E-state index in [1.807, 2.05) is 60.7 Å². The van der Waals surface area contributed by atoms with Crippen LogP contribution in [-0.4, -0.2) is 18.7 Å². The third kappa shape index (κ3) is 7.73. The SMILES string of the molecule is CCCCCC(C/C=C/COc1ccc(-c2ccccc2)cc1)OC(=O)c1ccccc1. The summed E-state index contributed by atoms with van der Waals surface area (Å²) in [7, 11) is 0. The zero-order valence-corrected chi connectivity index (χ0v) is 18.8. The second kappa shape index (κ2) is 13.2. The van der Waals surface area contributed by atoms with Crippen molar-refractivity contribution in [1.82, 2.24) is 0 Å². The van der Waals surface area contributed by atoms with Gasteiger partial charge in [-0.2, -0.15) is 0 Å². The van der Waals surface area contributed by atoms with Crippen LogP contribution in [0.3, 0.4) is 0 Å². The molecule has 0 aliphatic carbocycles. The number of rotatable bonds is 12. The van der Waals surface area contributed by atoms with Crippen molar-refractivity contribution in [2.75, 3.05) is 6.61 Å². The summed E-state index contributed by atoms with van der Waals surface area (Å²) in [4.78, 5) is 12.4. The van der Waals surface area contributed by atoms with Gasteiger partial charge in [-0.05, 0) is 48.2 Å². The largest absolute Gasteiger partial charge is 0.490 e. The molecule has 166 valence electrons. The average molecular weight is 429 g/mol. The van der Waals surface area contributed by atoms with E-state index in [-0.39, 0.29) is 12.1 Å². The van der Waals surface area contributed by atoms with Crippen molar-refractivity contribution >= 4 is 5.97 Å². The van der Waals surface area contributed by atoms with Gasteiger partial charge >= 0.3 is 5.97 Å². The minimum Gasteiger partial charge on any atom is -0.490 e. The maximum atomic E-state index is 12.4. The molecule has 1 unspecified atom stereocenters. The van der Waals surface area contributed by atoms with Crippen LogP contribution < -0.4 is 4.74 Å². The molecule has 0 saturated carbocycles. The Kier molecular flexibility index (Phi) is 9.60. The first kappa shape index (κ1) is 23.3. The normalized spacial score (nSPS) is 11.9. The molecular formula is C29H32O3. The molecule has 3 rings (SSSR count). The van der Waals surface area contributed by atoms with Crippen molar-refractivity contribution < 1.29 is 14.3 Å². The molecule has 0 N–H and O–H groups in total. The zero-order chi connectivity index (χ0) is 22.4. The number of benzene rings is 3. The molecule has 3 heteroatoms. The molecule has 0 heterocycles. The minimum atomic E-state index is -0.254. The van der Waals surface area contributed by atoms with Crippen LogP contribution in [0.1, 0.15) is 49.4 Å². The summed E-state index contributed by atoms with van der Waals surface area (Å²) in [5, 5.41) is 0. The van der Waals surface area contributed by atoms with Gasteiger partial charge in [-0.1, -0.05) is 92.6 Å². The summed E-state index contributed by atoms with van der Waals surface area (Å²) >= 11 is 0. The third-order valence-corrected chi connectivity index (χ3v) is 5.29. The maximum absolute atomic E-state index is 12.4. The first-order valence-electron chi connectivity index (χ1n) is 11.5. The summed E-state index contributed by atoms with van der Waals surface area (Å²) in [5.41, 5.74) is 2.96. The highest BCUT2D eigenvalue weighted by molar-refractivity contribution is 5.89. The van der Waals surface area contributed by atoms with Crippen LogP contribution in [0.15, 0.2) is 97.1 Å². The van der Waals surface area contributed by atoms with Gasteiger partial charge in [0.15, 0.2) is 0 Å². The Morgan fingerprint density at radius 1 is 0.812 bits per heavy atom. The van der Waals surface area contributed by atoms with Crippen LogP contribution in [-0.2, 0) is 4.74 Å². The van der Waals surface area contributed by atoms with Gasteiger partial charge in [0.05, 0.1) is 5.56 Å². The molecule has 1 atom stereocenters.